The van der Waals surface area contributed by atoms with Gasteiger partial charge in [0.2, 0.25) is 12.4 Å². The van der Waals surface area contributed by atoms with E-state index in [-0.39, 0.29) is 34.0 Å². The number of carboxylic acids is 1. The van der Waals surface area contributed by atoms with Gasteiger partial charge >= 0.3 is 12.1 Å². The molecule has 252 valence electrons. The number of thiophene rings is 1. The number of carbonyl (C=O) groups excluding carboxylic acids is 1. The Kier molecular flexibility index (Phi) is 10.3. The second-order valence-corrected chi connectivity index (χ2v) is 13.8. The minimum Gasteiger partial charge on any atom is -0.493 e. The van der Waals surface area contributed by atoms with Crippen molar-refractivity contribution < 1.29 is 38.8 Å². The Labute approximate surface area is 291 Å². The van der Waals surface area contributed by atoms with Crippen LogP contribution < -0.4 is 19.1 Å². The average molecular weight is 715 g/mol. The Bertz CT molecular complexity index is 1780. The fourth-order valence-electron chi connectivity index (χ4n) is 6.55. The highest BCUT2D eigenvalue weighted by Gasteiger charge is 2.38. The Hall–Kier alpha value is -4.10. The molecule has 0 radical (unpaired) electrons. The Morgan fingerprint density at radius 1 is 1.10 bits per heavy atom. The van der Waals surface area contributed by atoms with E-state index in [0.29, 0.717) is 45.7 Å². The van der Waals surface area contributed by atoms with Crippen molar-refractivity contribution in [2.24, 2.45) is 5.92 Å². The van der Waals surface area contributed by atoms with Crippen LogP contribution in [0.2, 0.25) is 10.0 Å². The molecule has 3 fully saturated rings. The van der Waals surface area contributed by atoms with Crippen LogP contribution in [0.4, 0.5) is 10.5 Å². The van der Waals surface area contributed by atoms with E-state index in [1.54, 1.807) is 42.7 Å². The third-order valence-electron chi connectivity index (χ3n) is 9.01. The van der Waals surface area contributed by atoms with Crippen LogP contribution >= 0.6 is 34.5 Å². The van der Waals surface area contributed by atoms with Crippen LogP contribution in [0.1, 0.15) is 50.0 Å². The molecule has 14 heteroatoms. The molecular weight excluding hydrogens is 679 g/mol. The van der Waals surface area contributed by atoms with Gasteiger partial charge in [-0.15, -0.1) is 11.3 Å². The summed E-state index contributed by atoms with van der Waals surface area (Å²) in [6.45, 7) is 2.80. The Balaban J connectivity index is 1.39. The molecule has 1 aromatic carbocycles. The number of halogens is 2. The highest BCUT2D eigenvalue weighted by Crippen LogP contribution is 2.41. The number of aromatic nitrogens is 2. The smallest absolute Gasteiger partial charge is 0.415 e. The molecule has 1 amide bonds. The number of anilines is 1. The molecule has 3 aliphatic heterocycles. The highest BCUT2D eigenvalue weighted by atomic mass is 35.5. The number of nitrogens with zero attached hydrogens (tertiary/aromatic N) is 4. The lowest BCUT2D eigenvalue weighted by atomic mass is 9.85. The third kappa shape index (κ3) is 7.17. The van der Waals surface area contributed by atoms with E-state index < -0.39 is 18.0 Å². The average Bonchev–Trinajstić information content (AvgIpc) is 3.51. The van der Waals surface area contributed by atoms with Crippen molar-refractivity contribution in [3.8, 4) is 11.5 Å². The maximum atomic E-state index is 13.8. The number of ether oxygens (including phenoxy) is 3. The number of aromatic carboxylic acids is 1. The van der Waals surface area contributed by atoms with Crippen LogP contribution in [0.25, 0.3) is 0 Å². The summed E-state index contributed by atoms with van der Waals surface area (Å²) >= 11 is 14.2. The maximum absolute atomic E-state index is 13.8. The molecule has 0 spiro atoms. The molecule has 7 rings (SSSR count). The summed E-state index contributed by atoms with van der Waals surface area (Å²) in [5.41, 5.74) is 2.27. The van der Waals surface area contributed by atoms with Gasteiger partial charge in [0.15, 0.2) is 11.5 Å². The number of rotatable bonds is 11. The van der Waals surface area contributed by atoms with Crippen LogP contribution in [0.3, 0.4) is 0 Å². The van der Waals surface area contributed by atoms with Crippen LogP contribution in [-0.2, 0) is 17.7 Å². The van der Waals surface area contributed by atoms with Crippen LogP contribution in [0, 0.1) is 5.92 Å². The molecule has 3 aliphatic rings. The number of piperidine rings is 3. The number of fused-ring (bicyclic) bond motifs is 3. The summed E-state index contributed by atoms with van der Waals surface area (Å²) < 4.78 is 17.9. The number of carbonyl (C=O) groups is 2. The van der Waals surface area contributed by atoms with Gasteiger partial charge in [0.25, 0.3) is 0 Å². The fraction of sp³-hybridized carbons (Fsp3) is 0.353. The minimum absolute atomic E-state index is 0.0621. The molecule has 0 saturated carbocycles. The van der Waals surface area contributed by atoms with Crippen LogP contribution in [-0.4, -0.2) is 72.2 Å². The normalized spacial score (nSPS) is 19.0. The molecule has 4 aromatic rings. The molecule has 0 unspecified atom stereocenters. The van der Waals surface area contributed by atoms with E-state index in [1.165, 1.54) is 31.5 Å². The minimum atomic E-state index is -1.12. The first-order valence-corrected chi connectivity index (χ1v) is 17.0. The summed E-state index contributed by atoms with van der Waals surface area (Å²) in [7, 11) is 3.06. The van der Waals surface area contributed by atoms with Gasteiger partial charge in [-0.1, -0.05) is 29.3 Å². The molecule has 3 aromatic heterocycles. The summed E-state index contributed by atoms with van der Waals surface area (Å²) in [6.07, 6.45) is 7.31. The highest BCUT2D eigenvalue weighted by molar-refractivity contribution is 7.14. The molecule has 2 atom stereocenters. The zero-order valence-electron chi connectivity index (χ0n) is 26.3. The van der Waals surface area contributed by atoms with Gasteiger partial charge in [0, 0.05) is 33.8 Å². The number of pyridine rings is 2. The molecule has 48 heavy (non-hydrogen) atoms. The summed E-state index contributed by atoms with van der Waals surface area (Å²) in [5, 5.41) is 20.9. The lowest BCUT2D eigenvalue weighted by Crippen LogP contribution is -2.53. The van der Waals surface area contributed by atoms with E-state index in [4.69, 9.17) is 37.4 Å². The van der Waals surface area contributed by atoms with E-state index in [0.717, 1.165) is 47.6 Å². The molecule has 2 N–H and O–H groups in total. The van der Waals surface area contributed by atoms with Crippen molar-refractivity contribution in [3.63, 3.8) is 0 Å². The van der Waals surface area contributed by atoms with Gasteiger partial charge in [-0.3, -0.25) is 20.0 Å². The lowest BCUT2D eigenvalue weighted by molar-refractivity contribution is -0.904. The van der Waals surface area contributed by atoms with Gasteiger partial charge < -0.3 is 19.3 Å². The first kappa shape index (κ1) is 33.8. The van der Waals surface area contributed by atoms with Crippen molar-refractivity contribution in [3.05, 3.63) is 97.7 Å². The largest absolute Gasteiger partial charge is 0.493 e. The second kappa shape index (κ2) is 14.6. The van der Waals surface area contributed by atoms with Crippen molar-refractivity contribution in [1.82, 2.24) is 9.88 Å². The van der Waals surface area contributed by atoms with Crippen molar-refractivity contribution in [1.29, 1.82) is 0 Å². The lowest BCUT2D eigenvalue weighted by Gasteiger charge is -2.44. The fourth-order valence-corrected chi connectivity index (χ4v) is 8.20. The van der Waals surface area contributed by atoms with Crippen LogP contribution in [0.15, 0.2) is 61.2 Å². The number of benzene rings is 1. The first-order chi connectivity index (χ1) is 23.1. The van der Waals surface area contributed by atoms with Crippen molar-refractivity contribution in [2.75, 3.05) is 38.8 Å². The topological polar surface area (TPSA) is 126 Å². The van der Waals surface area contributed by atoms with Gasteiger partial charge in [-0.2, -0.15) is 0 Å². The summed E-state index contributed by atoms with van der Waals surface area (Å²) in [6, 6.07) is 10.7. The number of amides is 1. The number of hydrogen-bond donors (Lipinski definition) is 2. The summed E-state index contributed by atoms with van der Waals surface area (Å²) in [4.78, 5) is 35.4. The number of methoxy groups -OCH3 is 2. The second-order valence-electron chi connectivity index (χ2n) is 11.8. The van der Waals surface area contributed by atoms with Gasteiger partial charge in [-0.05, 0) is 79.7 Å². The third-order valence-corrected chi connectivity index (χ3v) is 10.8. The number of hydrogen-bond acceptors (Lipinski definition) is 9. The molecule has 6 heterocycles. The zero-order valence-corrected chi connectivity index (χ0v) is 28.7. The Morgan fingerprint density at radius 3 is 2.44 bits per heavy atom. The summed E-state index contributed by atoms with van der Waals surface area (Å²) in [5.74, 6) is -0.399. The van der Waals surface area contributed by atoms with Crippen molar-refractivity contribution >= 4 is 52.3 Å². The molecule has 3 saturated heterocycles. The molecular formula is C34H35Cl2N4O7S+. The van der Waals surface area contributed by atoms with Gasteiger partial charge in [0.1, 0.15) is 21.0 Å². The van der Waals surface area contributed by atoms with Crippen LogP contribution in [0.5, 0.6) is 11.5 Å². The monoisotopic (exact) mass is 713 g/mol. The van der Waals surface area contributed by atoms with Gasteiger partial charge in [0.05, 0.1) is 32.6 Å². The Morgan fingerprint density at radius 2 is 1.83 bits per heavy atom. The van der Waals surface area contributed by atoms with Crippen molar-refractivity contribution in [2.45, 2.75) is 37.8 Å². The van der Waals surface area contributed by atoms with E-state index in [9.17, 15) is 19.9 Å². The zero-order chi connectivity index (χ0) is 33.9. The van der Waals surface area contributed by atoms with E-state index in [1.807, 2.05) is 6.07 Å². The standard InChI is InChI=1S/C34H34Cl2N4O7S/c1-45-29-6-5-21(12-30(29)46-2)24(14-26-27(35)17-39(44)18-28(26)36)25-13-23(48-32(25)33(41)42)16-40(22-4-3-9-37-15-22)34(43)47-31-19-38-10-7-20(31)8-11-38/h3-6,9,12-13,15,17-18,20,24,31H,7-8,10-11,14,16,19H2,1-2H3,(H-,41,42,44)/p+1/t24-,31-/m0/s1. The maximum Gasteiger partial charge on any atom is 0.415 e. The predicted octanol–water partition coefficient (Wildman–Crippen LogP) is 6.30. The predicted molar refractivity (Wildman–Crippen MR) is 180 cm³/mol. The molecule has 0 aliphatic carbocycles. The molecule has 2 bridgehead atoms. The van der Waals surface area contributed by atoms with E-state index >= 15 is 0 Å². The molecule has 11 nitrogen and oxygen atoms in total. The SMILES string of the molecule is COc1ccc([C@H](Cc2c(Cl)c[n+](O)cc2Cl)c2cc(CN(C(=O)O[C@H]3CN4CCC3CC4)c3cccnc3)sc2C(=O)O)cc1OC. The van der Waals surface area contributed by atoms with Gasteiger partial charge in [-0.25, -0.2) is 9.59 Å². The van der Waals surface area contributed by atoms with E-state index in [2.05, 4.69) is 9.88 Å². The number of carboxylic acid groups (broad SMARTS) is 1. The quantitative estimate of drug-likeness (QED) is 0.136. The first-order valence-electron chi connectivity index (χ1n) is 15.4.